The van der Waals surface area contributed by atoms with Crippen molar-refractivity contribution in [3.63, 3.8) is 0 Å². The summed E-state index contributed by atoms with van der Waals surface area (Å²) < 4.78 is 5.11. The Hall–Kier alpha value is -3.24. The molecule has 0 bridgehead atoms. The summed E-state index contributed by atoms with van der Waals surface area (Å²) in [5.41, 5.74) is 2.41. The lowest BCUT2D eigenvalue weighted by Gasteiger charge is -2.17. The maximum atomic E-state index is 12.3. The number of nitrogens with one attached hydrogen (secondary N) is 1. The molecule has 1 atom stereocenters. The van der Waals surface area contributed by atoms with E-state index in [-0.39, 0.29) is 5.69 Å². The van der Waals surface area contributed by atoms with E-state index in [2.05, 4.69) is 23.3 Å². The average molecular weight is 405 g/mol. The molecule has 1 aliphatic carbocycles. The zero-order valence-corrected chi connectivity index (χ0v) is 16.7. The smallest absolute Gasteiger partial charge is 0.357 e. The number of nitrogens with zero attached hydrogens (tertiary/aromatic N) is 2. The molecule has 4 rings (SSSR count). The molecule has 0 fully saturated rings. The van der Waals surface area contributed by atoms with Gasteiger partial charge in [0.25, 0.3) is 5.91 Å². The Morgan fingerprint density at radius 1 is 1.31 bits per heavy atom. The van der Waals surface area contributed by atoms with Gasteiger partial charge < -0.3 is 10.1 Å². The van der Waals surface area contributed by atoms with E-state index in [1.165, 1.54) is 11.3 Å². The lowest BCUT2D eigenvalue weighted by atomic mass is 9.89. The standard InChI is InChI=1S/C22H19N3O3S/c1-13-6-8-15-16(11-23)21(29-19(15)10-13)25-20(26)12-28-22(27)18-9-7-14-4-2-3-5-17(14)24-18/h2-5,7,9,13H,6,8,10,12H2,1H3,(H,25,26)/t13-/m1/s1. The fourth-order valence-electron chi connectivity index (χ4n) is 3.50. The molecule has 1 aliphatic rings. The number of rotatable bonds is 4. The molecule has 0 radical (unpaired) electrons. The number of amides is 1. The van der Waals surface area contributed by atoms with Gasteiger partial charge in [0, 0.05) is 10.3 Å². The number of anilines is 1. The van der Waals surface area contributed by atoms with E-state index < -0.39 is 18.5 Å². The van der Waals surface area contributed by atoms with Gasteiger partial charge in [-0.25, -0.2) is 9.78 Å². The number of hydrogen-bond acceptors (Lipinski definition) is 6. The van der Waals surface area contributed by atoms with Crippen molar-refractivity contribution in [1.82, 2.24) is 4.98 Å². The lowest BCUT2D eigenvalue weighted by Crippen LogP contribution is -2.21. The van der Waals surface area contributed by atoms with Crippen molar-refractivity contribution in [3.05, 3.63) is 58.1 Å². The molecule has 1 amide bonds. The number of carbonyl (C=O) groups excluding carboxylic acids is 2. The molecule has 0 spiro atoms. The van der Waals surface area contributed by atoms with E-state index in [9.17, 15) is 14.9 Å². The maximum absolute atomic E-state index is 12.3. The first kappa shape index (κ1) is 19.1. The van der Waals surface area contributed by atoms with E-state index in [1.807, 2.05) is 24.3 Å². The molecule has 0 saturated heterocycles. The van der Waals surface area contributed by atoms with Crippen LogP contribution in [0.5, 0.6) is 0 Å². The van der Waals surface area contributed by atoms with Gasteiger partial charge in [-0.15, -0.1) is 11.3 Å². The molecule has 0 aliphatic heterocycles. The van der Waals surface area contributed by atoms with Crippen LogP contribution in [0.3, 0.4) is 0 Å². The number of esters is 1. The maximum Gasteiger partial charge on any atom is 0.357 e. The van der Waals surface area contributed by atoms with Gasteiger partial charge in [-0.3, -0.25) is 4.79 Å². The SMILES string of the molecule is C[C@@H]1CCc2c(sc(NC(=O)COC(=O)c3ccc4ccccc4n3)c2C#N)C1. The van der Waals surface area contributed by atoms with Crippen molar-refractivity contribution in [2.75, 3.05) is 11.9 Å². The van der Waals surface area contributed by atoms with Crippen molar-refractivity contribution in [1.29, 1.82) is 5.26 Å². The predicted octanol–water partition coefficient (Wildman–Crippen LogP) is 4.09. The first-order chi connectivity index (χ1) is 14.0. The van der Waals surface area contributed by atoms with Crippen LogP contribution in [0.15, 0.2) is 36.4 Å². The molecule has 29 heavy (non-hydrogen) atoms. The highest BCUT2D eigenvalue weighted by Gasteiger charge is 2.25. The number of fused-ring (bicyclic) bond motifs is 2. The Morgan fingerprint density at radius 3 is 2.97 bits per heavy atom. The number of nitriles is 1. The zero-order valence-electron chi connectivity index (χ0n) is 15.9. The van der Waals surface area contributed by atoms with Gasteiger partial charge in [-0.2, -0.15) is 5.26 Å². The average Bonchev–Trinajstić information content (AvgIpc) is 3.07. The van der Waals surface area contributed by atoms with Gasteiger partial charge in [-0.05, 0) is 42.9 Å². The first-order valence-electron chi connectivity index (χ1n) is 9.42. The van der Waals surface area contributed by atoms with Crippen LogP contribution in [-0.4, -0.2) is 23.5 Å². The number of hydrogen-bond donors (Lipinski definition) is 1. The largest absolute Gasteiger partial charge is 0.451 e. The summed E-state index contributed by atoms with van der Waals surface area (Å²) in [6.45, 7) is 1.75. The summed E-state index contributed by atoms with van der Waals surface area (Å²) >= 11 is 1.44. The van der Waals surface area contributed by atoms with Gasteiger partial charge >= 0.3 is 5.97 Å². The highest BCUT2D eigenvalue weighted by molar-refractivity contribution is 7.16. The fourth-order valence-corrected chi connectivity index (χ4v) is 4.88. The van der Waals surface area contributed by atoms with E-state index in [0.717, 1.165) is 35.1 Å². The van der Waals surface area contributed by atoms with Crippen LogP contribution in [-0.2, 0) is 22.4 Å². The quantitative estimate of drug-likeness (QED) is 0.660. The molecule has 3 aromatic rings. The molecule has 2 heterocycles. The van der Waals surface area contributed by atoms with Crippen molar-refractivity contribution in [2.45, 2.75) is 26.2 Å². The van der Waals surface area contributed by atoms with Crippen molar-refractivity contribution in [3.8, 4) is 6.07 Å². The molecule has 1 aromatic carbocycles. The number of para-hydroxylation sites is 1. The fraction of sp³-hybridized carbons (Fsp3) is 0.273. The minimum absolute atomic E-state index is 0.148. The highest BCUT2D eigenvalue weighted by Crippen LogP contribution is 2.39. The van der Waals surface area contributed by atoms with Crippen LogP contribution in [0.2, 0.25) is 0 Å². The lowest BCUT2D eigenvalue weighted by molar-refractivity contribution is -0.119. The van der Waals surface area contributed by atoms with Gasteiger partial charge in [0.1, 0.15) is 16.8 Å². The van der Waals surface area contributed by atoms with Crippen LogP contribution >= 0.6 is 11.3 Å². The summed E-state index contributed by atoms with van der Waals surface area (Å²) in [5.74, 6) is -0.556. The second-order valence-electron chi connectivity index (χ2n) is 7.18. The number of benzene rings is 1. The molecule has 0 saturated carbocycles. The van der Waals surface area contributed by atoms with Crippen LogP contribution in [0.1, 0.15) is 39.8 Å². The first-order valence-corrected chi connectivity index (χ1v) is 10.2. The van der Waals surface area contributed by atoms with Gasteiger partial charge in [0.2, 0.25) is 0 Å². The molecule has 7 heteroatoms. The van der Waals surface area contributed by atoms with Gasteiger partial charge in [-0.1, -0.05) is 31.2 Å². The zero-order chi connectivity index (χ0) is 20.4. The molecule has 2 aromatic heterocycles. The van der Waals surface area contributed by atoms with Crippen molar-refractivity contribution >= 4 is 39.1 Å². The second-order valence-corrected chi connectivity index (χ2v) is 8.29. The molecule has 1 N–H and O–H groups in total. The molecular weight excluding hydrogens is 386 g/mol. The van der Waals surface area contributed by atoms with Crippen molar-refractivity contribution in [2.24, 2.45) is 5.92 Å². The topological polar surface area (TPSA) is 92.1 Å². The predicted molar refractivity (Wildman–Crippen MR) is 111 cm³/mol. The van der Waals surface area contributed by atoms with Gasteiger partial charge in [0.15, 0.2) is 6.61 Å². The van der Waals surface area contributed by atoms with Crippen LogP contribution in [0, 0.1) is 17.2 Å². The number of carbonyl (C=O) groups is 2. The summed E-state index contributed by atoms with van der Waals surface area (Å²) in [5, 5.41) is 13.7. The summed E-state index contributed by atoms with van der Waals surface area (Å²) in [4.78, 5) is 30.0. The Bertz CT molecular complexity index is 1150. The summed E-state index contributed by atoms with van der Waals surface area (Å²) in [6.07, 6.45) is 2.82. The monoisotopic (exact) mass is 405 g/mol. The van der Waals surface area contributed by atoms with E-state index in [4.69, 9.17) is 4.74 Å². The summed E-state index contributed by atoms with van der Waals surface area (Å²) in [6, 6.07) is 13.0. The number of aromatic nitrogens is 1. The third-order valence-corrected chi connectivity index (χ3v) is 6.19. The number of pyridine rings is 1. The minimum atomic E-state index is -0.661. The third-order valence-electron chi connectivity index (χ3n) is 5.02. The second kappa shape index (κ2) is 8.02. The molecule has 6 nitrogen and oxygen atoms in total. The van der Waals surface area contributed by atoms with Gasteiger partial charge in [0.05, 0.1) is 11.1 Å². The van der Waals surface area contributed by atoms with Crippen LogP contribution in [0.4, 0.5) is 5.00 Å². The van der Waals surface area contributed by atoms with Crippen LogP contribution < -0.4 is 5.32 Å². The normalized spacial score (nSPS) is 15.4. The van der Waals surface area contributed by atoms with Crippen molar-refractivity contribution < 1.29 is 14.3 Å². The minimum Gasteiger partial charge on any atom is -0.451 e. The van der Waals surface area contributed by atoms with E-state index in [0.29, 0.717) is 22.0 Å². The number of thiophene rings is 1. The Morgan fingerprint density at radius 2 is 2.14 bits per heavy atom. The van der Waals surface area contributed by atoms with E-state index >= 15 is 0 Å². The Kier molecular flexibility index (Phi) is 5.28. The third kappa shape index (κ3) is 3.98. The Balaban J connectivity index is 1.41. The molecular formula is C22H19N3O3S. The van der Waals surface area contributed by atoms with Crippen LogP contribution in [0.25, 0.3) is 10.9 Å². The summed E-state index contributed by atoms with van der Waals surface area (Å²) in [7, 11) is 0. The molecule has 146 valence electrons. The molecule has 0 unspecified atom stereocenters. The Labute approximate surface area is 172 Å². The highest BCUT2D eigenvalue weighted by atomic mass is 32.1. The van der Waals surface area contributed by atoms with E-state index in [1.54, 1.807) is 12.1 Å². The number of ether oxygens (including phenoxy) is 1.